The second kappa shape index (κ2) is 4.18. The van der Waals surface area contributed by atoms with Gasteiger partial charge in [0.25, 0.3) is 0 Å². The van der Waals surface area contributed by atoms with E-state index in [0.29, 0.717) is 6.54 Å². The highest BCUT2D eigenvalue weighted by Crippen LogP contribution is 2.22. The first-order valence-electron chi connectivity index (χ1n) is 3.86. The SMILES string of the molecule is NCCOC(=O)OC1CCC1. The second-order valence-corrected chi connectivity index (χ2v) is 2.56. The van der Waals surface area contributed by atoms with Crippen LogP contribution < -0.4 is 5.73 Å². The van der Waals surface area contributed by atoms with Crippen molar-refractivity contribution in [3.8, 4) is 0 Å². The molecule has 0 aromatic carbocycles. The van der Waals surface area contributed by atoms with Crippen LogP contribution in [0.1, 0.15) is 19.3 Å². The van der Waals surface area contributed by atoms with E-state index in [1.54, 1.807) is 0 Å². The predicted octanol–water partition coefficient (Wildman–Crippen LogP) is 0.651. The van der Waals surface area contributed by atoms with Crippen LogP contribution in [0.4, 0.5) is 4.79 Å². The molecule has 0 heterocycles. The Morgan fingerprint density at radius 2 is 2.27 bits per heavy atom. The zero-order valence-electron chi connectivity index (χ0n) is 6.41. The fourth-order valence-corrected chi connectivity index (χ4v) is 0.801. The first-order chi connectivity index (χ1) is 5.33. The molecule has 0 atom stereocenters. The Hall–Kier alpha value is -0.770. The van der Waals surface area contributed by atoms with Crippen molar-refractivity contribution in [2.75, 3.05) is 13.2 Å². The molecule has 1 saturated carbocycles. The van der Waals surface area contributed by atoms with Gasteiger partial charge >= 0.3 is 6.16 Å². The summed E-state index contributed by atoms with van der Waals surface area (Å²) < 4.78 is 9.48. The van der Waals surface area contributed by atoms with E-state index in [1.807, 2.05) is 0 Å². The summed E-state index contributed by atoms with van der Waals surface area (Å²) >= 11 is 0. The minimum Gasteiger partial charge on any atom is -0.433 e. The maximum Gasteiger partial charge on any atom is 0.508 e. The average molecular weight is 159 g/mol. The summed E-state index contributed by atoms with van der Waals surface area (Å²) in [5.41, 5.74) is 5.12. The molecule has 0 saturated heterocycles. The summed E-state index contributed by atoms with van der Waals surface area (Å²) in [5, 5.41) is 0. The van der Waals surface area contributed by atoms with E-state index in [0.717, 1.165) is 19.3 Å². The smallest absolute Gasteiger partial charge is 0.433 e. The molecule has 0 radical (unpaired) electrons. The average Bonchev–Trinajstić information content (AvgIpc) is 1.93. The van der Waals surface area contributed by atoms with Crippen molar-refractivity contribution < 1.29 is 14.3 Å². The summed E-state index contributed by atoms with van der Waals surface area (Å²) in [5.74, 6) is 0. The minimum atomic E-state index is -0.583. The molecular weight excluding hydrogens is 146 g/mol. The van der Waals surface area contributed by atoms with Gasteiger partial charge in [-0.1, -0.05) is 0 Å². The van der Waals surface area contributed by atoms with E-state index in [1.165, 1.54) is 0 Å². The van der Waals surface area contributed by atoms with Crippen molar-refractivity contribution in [2.45, 2.75) is 25.4 Å². The van der Waals surface area contributed by atoms with E-state index in [-0.39, 0.29) is 12.7 Å². The van der Waals surface area contributed by atoms with Gasteiger partial charge in [-0.05, 0) is 19.3 Å². The molecule has 0 unspecified atom stereocenters. The lowest BCUT2D eigenvalue weighted by atomic mass is 9.96. The lowest BCUT2D eigenvalue weighted by molar-refractivity contribution is -0.00256. The molecule has 1 aliphatic rings. The van der Waals surface area contributed by atoms with Gasteiger partial charge in [-0.2, -0.15) is 0 Å². The largest absolute Gasteiger partial charge is 0.508 e. The van der Waals surface area contributed by atoms with Crippen molar-refractivity contribution in [1.29, 1.82) is 0 Å². The van der Waals surface area contributed by atoms with Crippen LogP contribution in [0.15, 0.2) is 0 Å². The van der Waals surface area contributed by atoms with Crippen LogP contribution >= 0.6 is 0 Å². The third kappa shape index (κ3) is 2.76. The molecule has 64 valence electrons. The van der Waals surface area contributed by atoms with Crippen LogP contribution in [0, 0.1) is 0 Å². The van der Waals surface area contributed by atoms with Crippen LogP contribution in [0.5, 0.6) is 0 Å². The Kier molecular flexibility index (Phi) is 3.16. The van der Waals surface area contributed by atoms with Crippen molar-refractivity contribution in [3.63, 3.8) is 0 Å². The topological polar surface area (TPSA) is 61.5 Å². The Labute approximate surface area is 65.7 Å². The number of ether oxygens (including phenoxy) is 2. The standard InChI is InChI=1S/C7H13NO3/c8-4-5-10-7(9)11-6-2-1-3-6/h6H,1-5,8H2. The van der Waals surface area contributed by atoms with Crippen molar-refractivity contribution in [1.82, 2.24) is 0 Å². The highest BCUT2D eigenvalue weighted by molar-refractivity contribution is 5.60. The Morgan fingerprint density at radius 3 is 2.73 bits per heavy atom. The molecule has 4 heteroatoms. The molecule has 0 aromatic rings. The quantitative estimate of drug-likeness (QED) is 0.614. The fraction of sp³-hybridized carbons (Fsp3) is 0.857. The monoisotopic (exact) mass is 159 g/mol. The molecule has 1 fully saturated rings. The fourth-order valence-electron chi connectivity index (χ4n) is 0.801. The van der Waals surface area contributed by atoms with Crippen LogP contribution in [-0.2, 0) is 9.47 Å². The van der Waals surface area contributed by atoms with E-state index >= 15 is 0 Å². The Balaban J connectivity index is 2.00. The molecule has 1 aliphatic carbocycles. The van der Waals surface area contributed by atoms with Gasteiger partial charge in [0, 0.05) is 6.54 Å². The summed E-state index contributed by atoms with van der Waals surface area (Å²) in [7, 11) is 0. The minimum absolute atomic E-state index is 0.0975. The Bertz CT molecular complexity index is 134. The third-order valence-corrected chi connectivity index (χ3v) is 1.65. The van der Waals surface area contributed by atoms with Crippen LogP contribution in [-0.4, -0.2) is 25.4 Å². The van der Waals surface area contributed by atoms with Crippen molar-refractivity contribution in [2.24, 2.45) is 5.73 Å². The van der Waals surface area contributed by atoms with Gasteiger partial charge in [0.2, 0.25) is 0 Å². The first kappa shape index (κ1) is 8.33. The lowest BCUT2D eigenvalue weighted by Gasteiger charge is -2.24. The van der Waals surface area contributed by atoms with Crippen molar-refractivity contribution in [3.05, 3.63) is 0 Å². The maximum absolute atomic E-state index is 10.7. The van der Waals surface area contributed by atoms with Gasteiger partial charge < -0.3 is 15.2 Å². The molecule has 0 aliphatic heterocycles. The molecule has 0 spiro atoms. The van der Waals surface area contributed by atoms with E-state index in [2.05, 4.69) is 4.74 Å². The number of carbonyl (C=O) groups excluding carboxylic acids is 1. The second-order valence-electron chi connectivity index (χ2n) is 2.56. The summed E-state index contributed by atoms with van der Waals surface area (Å²) in [6.45, 7) is 0.589. The van der Waals surface area contributed by atoms with Crippen LogP contribution in [0.25, 0.3) is 0 Å². The molecule has 1 rings (SSSR count). The van der Waals surface area contributed by atoms with E-state index in [9.17, 15) is 4.79 Å². The number of nitrogens with two attached hydrogens (primary N) is 1. The normalized spacial score (nSPS) is 17.2. The van der Waals surface area contributed by atoms with Crippen LogP contribution in [0.3, 0.4) is 0 Å². The Morgan fingerprint density at radius 1 is 1.55 bits per heavy atom. The number of hydrogen-bond donors (Lipinski definition) is 1. The molecule has 0 aromatic heterocycles. The lowest BCUT2D eigenvalue weighted by Crippen LogP contribution is -2.26. The third-order valence-electron chi connectivity index (χ3n) is 1.65. The molecule has 2 N–H and O–H groups in total. The van der Waals surface area contributed by atoms with Gasteiger partial charge in [-0.3, -0.25) is 0 Å². The van der Waals surface area contributed by atoms with Gasteiger partial charge in [-0.15, -0.1) is 0 Å². The first-order valence-corrected chi connectivity index (χ1v) is 3.86. The van der Waals surface area contributed by atoms with E-state index < -0.39 is 6.16 Å². The van der Waals surface area contributed by atoms with Gasteiger partial charge in [-0.25, -0.2) is 4.79 Å². The van der Waals surface area contributed by atoms with Gasteiger partial charge in [0.05, 0.1) is 0 Å². The van der Waals surface area contributed by atoms with Gasteiger partial charge in [0.1, 0.15) is 12.7 Å². The van der Waals surface area contributed by atoms with Gasteiger partial charge in [0.15, 0.2) is 0 Å². The number of carbonyl (C=O) groups is 1. The number of rotatable bonds is 3. The zero-order valence-corrected chi connectivity index (χ0v) is 6.41. The zero-order chi connectivity index (χ0) is 8.10. The summed E-state index contributed by atoms with van der Waals surface area (Å²) in [6, 6.07) is 0. The van der Waals surface area contributed by atoms with E-state index in [4.69, 9.17) is 10.5 Å². The molecule has 4 nitrogen and oxygen atoms in total. The van der Waals surface area contributed by atoms with Crippen LogP contribution in [0.2, 0.25) is 0 Å². The highest BCUT2D eigenvalue weighted by atomic mass is 16.7. The molecule has 0 amide bonds. The molecule has 0 bridgehead atoms. The van der Waals surface area contributed by atoms with Crippen molar-refractivity contribution >= 4 is 6.16 Å². The molecular formula is C7H13NO3. The molecule has 11 heavy (non-hydrogen) atoms. The highest BCUT2D eigenvalue weighted by Gasteiger charge is 2.21. The predicted molar refractivity (Wildman–Crippen MR) is 39.1 cm³/mol. The number of hydrogen-bond acceptors (Lipinski definition) is 4. The summed E-state index contributed by atoms with van der Waals surface area (Å²) in [4.78, 5) is 10.7. The summed E-state index contributed by atoms with van der Waals surface area (Å²) in [6.07, 6.45) is 2.60. The maximum atomic E-state index is 10.7.